The Morgan fingerprint density at radius 2 is 1.46 bits per heavy atom. The lowest BCUT2D eigenvalue weighted by atomic mass is 10.1. The van der Waals surface area contributed by atoms with Gasteiger partial charge in [0.15, 0.2) is 18.1 Å². The molecule has 150 valence electrons. The molecule has 0 bridgehead atoms. The summed E-state index contributed by atoms with van der Waals surface area (Å²) in [5, 5.41) is 0. The highest BCUT2D eigenvalue weighted by molar-refractivity contribution is 5.98. The Labute approximate surface area is 163 Å². The summed E-state index contributed by atoms with van der Waals surface area (Å²) in [4.78, 5) is 24.3. The van der Waals surface area contributed by atoms with Crippen LogP contribution in [0.4, 0.5) is 0 Å². The van der Waals surface area contributed by atoms with E-state index >= 15 is 0 Å². The zero-order valence-corrected chi connectivity index (χ0v) is 16.3. The van der Waals surface area contributed by atoms with E-state index in [0.717, 1.165) is 6.42 Å². The van der Waals surface area contributed by atoms with Crippen LogP contribution >= 0.6 is 0 Å². The van der Waals surface area contributed by atoms with Gasteiger partial charge in [-0.1, -0.05) is 19.1 Å². The second-order valence-corrected chi connectivity index (χ2v) is 5.70. The normalized spacial score (nSPS) is 10.0. The molecule has 0 saturated heterocycles. The van der Waals surface area contributed by atoms with Crippen LogP contribution in [0.2, 0.25) is 0 Å². The average Bonchev–Trinajstić information content (AvgIpc) is 2.75. The van der Waals surface area contributed by atoms with Crippen molar-refractivity contribution in [1.29, 1.82) is 0 Å². The molecule has 0 radical (unpaired) electrons. The number of nitrogens with one attached hydrogen (secondary N) is 2. The van der Waals surface area contributed by atoms with Crippen molar-refractivity contribution in [2.45, 2.75) is 13.3 Å². The maximum Gasteiger partial charge on any atom is 0.276 e. The largest absolute Gasteiger partial charge is 0.496 e. The molecule has 2 aromatic rings. The van der Waals surface area contributed by atoms with Gasteiger partial charge in [-0.05, 0) is 24.1 Å². The molecule has 0 aromatic heterocycles. The highest BCUT2D eigenvalue weighted by Gasteiger charge is 2.18. The minimum Gasteiger partial charge on any atom is -0.496 e. The molecule has 28 heavy (non-hydrogen) atoms. The Bertz CT molecular complexity index is 820. The Kier molecular flexibility index (Phi) is 7.50. The van der Waals surface area contributed by atoms with Crippen LogP contribution in [0.25, 0.3) is 0 Å². The summed E-state index contributed by atoms with van der Waals surface area (Å²) in [7, 11) is 4.36. The Morgan fingerprint density at radius 1 is 0.857 bits per heavy atom. The van der Waals surface area contributed by atoms with Crippen LogP contribution in [-0.4, -0.2) is 39.8 Å². The SMILES string of the molecule is CCc1ccc(OCC(=O)NNC(=O)c2cc(OC)c(OC)cc2OC)cc1. The molecule has 8 heteroatoms. The summed E-state index contributed by atoms with van der Waals surface area (Å²) >= 11 is 0. The van der Waals surface area contributed by atoms with Crippen molar-refractivity contribution in [2.75, 3.05) is 27.9 Å². The maximum absolute atomic E-state index is 12.4. The molecular formula is C20H24N2O6. The smallest absolute Gasteiger partial charge is 0.276 e. The maximum atomic E-state index is 12.4. The number of amides is 2. The Morgan fingerprint density at radius 3 is 2.04 bits per heavy atom. The molecule has 0 saturated carbocycles. The molecule has 0 unspecified atom stereocenters. The third kappa shape index (κ3) is 5.29. The van der Waals surface area contributed by atoms with Crippen molar-refractivity contribution in [1.82, 2.24) is 10.9 Å². The number of hydrazine groups is 1. The summed E-state index contributed by atoms with van der Waals surface area (Å²) in [5.74, 6) is 0.545. The molecule has 2 amide bonds. The number of hydrogen-bond donors (Lipinski definition) is 2. The number of methoxy groups -OCH3 is 3. The predicted molar refractivity (Wildman–Crippen MR) is 103 cm³/mol. The van der Waals surface area contributed by atoms with Gasteiger partial charge in [-0.15, -0.1) is 0 Å². The first-order valence-electron chi connectivity index (χ1n) is 8.63. The number of carbonyl (C=O) groups excluding carboxylic acids is 2. The quantitative estimate of drug-likeness (QED) is 0.673. The lowest BCUT2D eigenvalue weighted by Crippen LogP contribution is -2.43. The number of ether oxygens (including phenoxy) is 4. The average molecular weight is 388 g/mol. The minimum absolute atomic E-state index is 0.177. The van der Waals surface area contributed by atoms with Gasteiger partial charge in [-0.25, -0.2) is 0 Å². The van der Waals surface area contributed by atoms with Gasteiger partial charge in [0.05, 0.1) is 26.9 Å². The number of rotatable bonds is 8. The van der Waals surface area contributed by atoms with Gasteiger partial charge in [0.2, 0.25) is 0 Å². The molecule has 0 fully saturated rings. The first kappa shape index (κ1) is 20.9. The number of aryl methyl sites for hydroxylation is 1. The standard InChI is InChI=1S/C20H24N2O6/c1-5-13-6-8-14(9-7-13)28-12-19(23)21-22-20(24)15-10-17(26-3)18(27-4)11-16(15)25-2/h6-11H,5,12H2,1-4H3,(H,21,23)(H,22,24). The first-order valence-corrected chi connectivity index (χ1v) is 8.63. The number of benzene rings is 2. The number of hydrogen-bond acceptors (Lipinski definition) is 6. The van der Waals surface area contributed by atoms with Crippen LogP contribution < -0.4 is 29.8 Å². The zero-order chi connectivity index (χ0) is 20.5. The van der Waals surface area contributed by atoms with Crippen molar-refractivity contribution in [3.8, 4) is 23.0 Å². The van der Waals surface area contributed by atoms with Gasteiger partial charge in [0.25, 0.3) is 11.8 Å². The summed E-state index contributed by atoms with van der Waals surface area (Å²) in [6.07, 6.45) is 0.923. The first-order chi connectivity index (χ1) is 13.5. The van der Waals surface area contributed by atoms with E-state index in [2.05, 4.69) is 17.8 Å². The zero-order valence-electron chi connectivity index (χ0n) is 16.3. The Balaban J connectivity index is 1.94. The summed E-state index contributed by atoms with van der Waals surface area (Å²) in [5.41, 5.74) is 5.97. The molecule has 2 aromatic carbocycles. The lowest BCUT2D eigenvalue weighted by molar-refractivity contribution is -0.123. The van der Waals surface area contributed by atoms with Gasteiger partial charge in [-0.2, -0.15) is 0 Å². The molecule has 0 spiro atoms. The van der Waals surface area contributed by atoms with E-state index < -0.39 is 11.8 Å². The van der Waals surface area contributed by atoms with Crippen LogP contribution in [0.1, 0.15) is 22.8 Å². The third-order valence-electron chi connectivity index (χ3n) is 3.97. The fraction of sp³-hybridized carbons (Fsp3) is 0.300. The van der Waals surface area contributed by atoms with E-state index in [1.54, 1.807) is 12.1 Å². The van der Waals surface area contributed by atoms with Crippen molar-refractivity contribution < 1.29 is 28.5 Å². The van der Waals surface area contributed by atoms with Crippen LogP contribution in [0.3, 0.4) is 0 Å². The van der Waals surface area contributed by atoms with E-state index in [4.69, 9.17) is 18.9 Å². The van der Waals surface area contributed by atoms with E-state index in [0.29, 0.717) is 17.2 Å². The van der Waals surface area contributed by atoms with E-state index in [1.165, 1.54) is 39.0 Å². The molecule has 0 heterocycles. The molecule has 0 aliphatic carbocycles. The molecule has 8 nitrogen and oxygen atoms in total. The van der Waals surface area contributed by atoms with Gasteiger partial charge in [-0.3, -0.25) is 20.4 Å². The van der Waals surface area contributed by atoms with Gasteiger partial charge < -0.3 is 18.9 Å². The fourth-order valence-electron chi connectivity index (χ4n) is 2.41. The monoisotopic (exact) mass is 388 g/mol. The lowest BCUT2D eigenvalue weighted by Gasteiger charge is -2.14. The van der Waals surface area contributed by atoms with Gasteiger partial charge in [0.1, 0.15) is 11.5 Å². The fourth-order valence-corrected chi connectivity index (χ4v) is 2.41. The second-order valence-electron chi connectivity index (χ2n) is 5.70. The van der Waals surface area contributed by atoms with E-state index in [1.807, 2.05) is 12.1 Å². The Hall–Kier alpha value is -3.42. The number of carbonyl (C=O) groups is 2. The molecule has 2 rings (SSSR count). The molecular weight excluding hydrogens is 364 g/mol. The topological polar surface area (TPSA) is 95.1 Å². The van der Waals surface area contributed by atoms with Crippen molar-refractivity contribution >= 4 is 11.8 Å². The summed E-state index contributed by atoms with van der Waals surface area (Å²) < 4.78 is 21.0. The molecule has 2 N–H and O–H groups in total. The summed E-state index contributed by atoms with van der Waals surface area (Å²) in [6, 6.07) is 10.4. The molecule has 0 atom stereocenters. The predicted octanol–water partition coefficient (Wildman–Crippen LogP) is 2.11. The van der Waals surface area contributed by atoms with Crippen molar-refractivity contribution in [3.05, 3.63) is 47.5 Å². The van der Waals surface area contributed by atoms with Gasteiger partial charge in [0, 0.05) is 12.1 Å². The van der Waals surface area contributed by atoms with Crippen LogP contribution in [-0.2, 0) is 11.2 Å². The molecule has 0 aliphatic heterocycles. The second kappa shape index (κ2) is 10.1. The highest BCUT2D eigenvalue weighted by Crippen LogP contribution is 2.34. The van der Waals surface area contributed by atoms with Crippen LogP contribution in [0, 0.1) is 0 Å². The van der Waals surface area contributed by atoms with Crippen LogP contribution in [0.15, 0.2) is 36.4 Å². The van der Waals surface area contributed by atoms with E-state index in [-0.39, 0.29) is 17.9 Å². The van der Waals surface area contributed by atoms with Crippen LogP contribution in [0.5, 0.6) is 23.0 Å². The van der Waals surface area contributed by atoms with Crippen molar-refractivity contribution in [3.63, 3.8) is 0 Å². The van der Waals surface area contributed by atoms with E-state index in [9.17, 15) is 9.59 Å². The third-order valence-corrected chi connectivity index (χ3v) is 3.97. The highest BCUT2D eigenvalue weighted by atomic mass is 16.5. The van der Waals surface area contributed by atoms with Crippen molar-refractivity contribution in [2.24, 2.45) is 0 Å². The minimum atomic E-state index is -0.571. The van der Waals surface area contributed by atoms with Gasteiger partial charge >= 0.3 is 0 Å². The summed E-state index contributed by atoms with van der Waals surface area (Å²) in [6.45, 7) is 1.81. The molecule has 0 aliphatic rings.